The lowest BCUT2D eigenvalue weighted by Gasteiger charge is -2.37. The number of quaternary nitrogens is 1. The summed E-state index contributed by atoms with van der Waals surface area (Å²) in [5.41, 5.74) is 4.00. The number of carbonyl (C=O) groups excluding carboxylic acids is 1. The van der Waals surface area contributed by atoms with Crippen LogP contribution in [0, 0.1) is 13.8 Å². The van der Waals surface area contributed by atoms with E-state index in [0.717, 1.165) is 59.3 Å². The first-order valence-electron chi connectivity index (χ1n) is 9.75. The number of hydrogen-bond donors (Lipinski definition) is 1. The first-order chi connectivity index (χ1) is 12.9. The fourth-order valence-electron chi connectivity index (χ4n) is 4.05. The molecule has 146 valence electrons. The van der Waals surface area contributed by atoms with Crippen LogP contribution < -0.4 is 5.32 Å². The number of aryl methyl sites for hydroxylation is 2. The molecule has 0 saturated carbocycles. The standard InChI is InChI=1S/C23H31ClN2O/c1-5-11-20(6-2)16-26(12-9-7-8-10-13-26)17-22(27)25-23-18(3)14-21(24)15-19(23)4/h5-6,11,14-15H,1-2,7-10,12-13,16-17H2,3-4H3/p+1/b20-11+. The predicted octanol–water partition coefficient (Wildman–Crippen LogP) is 5.58. The molecule has 0 aliphatic carbocycles. The quantitative estimate of drug-likeness (QED) is 0.480. The van der Waals surface area contributed by atoms with Crippen molar-refractivity contribution in [2.24, 2.45) is 0 Å². The van der Waals surface area contributed by atoms with Gasteiger partial charge in [-0.15, -0.1) is 0 Å². The molecule has 1 N–H and O–H groups in total. The molecule has 1 amide bonds. The number of likely N-dealkylation sites (tertiary alicyclic amines) is 1. The molecule has 3 nitrogen and oxygen atoms in total. The van der Waals surface area contributed by atoms with Crippen molar-refractivity contribution in [2.75, 3.05) is 31.5 Å². The Bertz CT molecular complexity index is 705. The minimum absolute atomic E-state index is 0.0624. The summed E-state index contributed by atoms with van der Waals surface area (Å²) in [7, 11) is 0. The topological polar surface area (TPSA) is 29.1 Å². The second kappa shape index (κ2) is 9.91. The molecular formula is C23H32ClN2O+. The number of rotatable bonds is 7. The van der Waals surface area contributed by atoms with Crippen molar-refractivity contribution in [3.05, 3.63) is 65.2 Å². The Kier molecular flexibility index (Phi) is 7.88. The summed E-state index contributed by atoms with van der Waals surface area (Å²) in [5, 5.41) is 3.84. The van der Waals surface area contributed by atoms with Crippen LogP contribution in [0.1, 0.15) is 36.8 Å². The molecule has 4 heteroatoms. The number of carbonyl (C=O) groups is 1. The zero-order chi connectivity index (χ0) is 19.9. The Hall–Kier alpha value is -1.84. The van der Waals surface area contributed by atoms with E-state index >= 15 is 0 Å². The molecule has 27 heavy (non-hydrogen) atoms. The summed E-state index contributed by atoms with van der Waals surface area (Å²) >= 11 is 6.12. The van der Waals surface area contributed by atoms with Crippen LogP contribution in [-0.2, 0) is 4.79 Å². The van der Waals surface area contributed by atoms with Crippen LogP contribution in [0.25, 0.3) is 0 Å². The van der Waals surface area contributed by atoms with Gasteiger partial charge in [0, 0.05) is 16.3 Å². The lowest BCUT2D eigenvalue weighted by atomic mass is 10.1. The summed E-state index contributed by atoms with van der Waals surface area (Å²) in [6.07, 6.45) is 10.5. The van der Waals surface area contributed by atoms with Crippen LogP contribution in [-0.4, -0.2) is 36.6 Å². The van der Waals surface area contributed by atoms with E-state index in [-0.39, 0.29) is 5.91 Å². The van der Waals surface area contributed by atoms with Crippen molar-refractivity contribution in [1.82, 2.24) is 0 Å². The Morgan fingerprint density at radius 2 is 1.70 bits per heavy atom. The van der Waals surface area contributed by atoms with Gasteiger partial charge in [-0.05, 0) is 62.8 Å². The molecule has 2 rings (SSSR count). The zero-order valence-electron chi connectivity index (χ0n) is 16.7. The SMILES string of the molecule is C=C/C=C(\C=C)C[N+]1(CC(=O)Nc2c(C)cc(Cl)cc2C)CCCCCC1. The maximum atomic E-state index is 13.0. The summed E-state index contributed by atoms with van der Waals surface area (Å²) < 4.78 is 0.781. The zero-order valence-corrected chi connectivity index (χ0v) is 17.4. The maximum Gasteiger partial charge on any atom is 0.279 e. The van der Waals surface area contributed by atoms with E-state index in [4.69, 9.17) is 11.6 Å². The molecule has 1 aromatic rings. The van der Waals surface area contributed by atoms with E-state index in [0.29, 0.717) is 11.6 Å². The van der Waals surface area contributed by atoms with Gasteiger partial charge in [-0.25, -0.2) is 0 Å². The third-order valence-electron chi connectivity index (χ3n) is 5.37. The van der Waals surface area contributed by atoms with Crippen LogP contribution in [0.5, 0.6) is 0 Å². The molecule has 1 aliphatic rings. The Morgan fingerprint density at radius 1 is 1.11 bits per heavy atom. The van der Waals surface area contributed by atoms with Crippen molar-refractivity contribution in [3.63, 3.8) is 0 Å². The third kappa shape index (κ3) is 6.08. The first kappa shape index (κ1) is 21.5. The number of allylic oxidation sites excluding steroid dienone is 2. The Labute approximate surface area is 169 Å². The van der Waals surface area contributed by atoms with Gasteiger partial charge in [0.2, 0.25) is 0 Å². The number of nitrogens with zero attached hydrogens (tertiary/aromatic N) is 1. The fourth-order valence-corrected chi connectivity index (χ4v) is 4.37. The second-order valence-corrected chi connectivity index (χ2v) is 8.10. The van der Waals surface area contributed by atoms with Gasteiger partial charge < -0.3 is 9.80 Å². The third-order valence-corrected chi connectivity index (χ3v) is 5.59. The average molecular weight is 388 g/mol. The summed E-state index contributed by atoms with van der Waals surface area (Å²) in [6.45, 7) is 15.0. The van der Waals surface area contributed by atoms with E-state index in [9.17, 15) is 4.79 Å². The molecule has 0 spiro atoms. The van der Waals surface area contributed by atoms with Crippen molar-refractivity contribution >= 4 is 23.2 Å². The van der Waals surface area contributed by atoms with Crippen molar-refractivity contribution < 1.29 is 9.28 Å². The second-order valence-electron chi connectivity index (χ2n) is 7.66. The summed E-state index contributed by atoms with van der Waals surface area (Å²) in [4.78, 5) is 13.0. The van der Waals surface area contributed by atoms with E-state index in [1.54, 1.807) is 6.08 Å². The highest BCUT2D eigenvalue weighted by molar-refractivity contribution is 6.30. The van der Waals surface area contributed by atoms with Crippen LogP contribution in [0.15, 0.2) is 49.1 Å². The largest absolute Gasteiger partial charge is 0.321 e. The van der Waals surface area contributed by atoms with Crippen LogP contribution in [0.3, 0.4) is 0 Å². The molecule has 0 atom stereocenters. The molecule has 0 unspecified atom stereocenters. The minimum atomic E-state index is 0.0624. The van der Waals surface area contributed by atoms with Gasteiger partial charge in [-0.1, -0.05) is 43.0 Å². The normalized spacial score (nSPS) is 17.1. The lowest BCUT2D eigenvalue weighted by molar-refractivity contribution is -0.915. The molecular weight excluding hydrogens is 356 g/mol. The van der Waals surface area contributed by atoms with Crippen molar-refractivity contribution in [2.45, 2.75) is 39.5 Å². The van der Waals surface area contributed by atoms with Gasteiger partial charge >= 0.3 is 0 Å². The van der Waals surface area contributed by atoms with Gasteiger partial charge in [-0.2, -0.15) is 0 Å². The van der Waals surface area contributed by atoms with E-state index in [1.165, 1.54) is 12.8 Å². The van der Waals surface area contributed by atoms with E-state index in [1.807, 2.05) is 38.1 Å². The van der Waals surface area contributed by atoms with Crippen molar-refractivity contribution in [3.8, 4) is 0 Å². The van der Waals surface area contributed by atoms with Gasteiger partial charge in [0.05, 0.1) is 13.1 Å². The maximum absolute atomic E-state index is 13.0. The predicted molar refractivity (Wildman–Crippen MR) is 116 cm³/mol. The van der Waals surface area contributed by atoms with Crippen LogP contribution in [0.4, 0.5) is 5.69 Å². The minimum Gasteiger partial charge on any atom is -0.321 e. The van der Waals surface area contributed by atoms with Gasteiger partial charge in [0.15, 0.2) is 6.54 Å². The molecule has 1 fully saturated rings. The molecule has 1 heterocycles. The van der Waals surface area contributed by atoms with Gasteiger partial charge in [0.25, 0.3) is 5.91 Å². The van der Waals surface area contributed by atoms with Gasteiger partial charge in [0.1, 0.15) is 6.54 Å². The molecule has 1 aromatic carbocycles. The lowest BCUT2D eigenvalue weighted by Crippen LogP contribution is -2.54. The molecule has 0 radical (unpaired) electrons. The number of nitrogens with one attached hydrogen (secondary N) is 1. The highest BCUT2D eigenvalue weighted by Crippen LogP contribution is 2.26. The number of amides is 1. The monoisotopic (exact) mass is 387 g/mol. The smallest absolute Gasteiger partial charge is 0.279 e. The number of anilines is 1. The number of hydrogen-bond acceptors (Lipinski definition) is 1. The summed E-state index contributed by atoms with van der Waals surface area (Å²) in [5.74, 6) is 0.0624. The Morgan fingerprint density at radius 3 is 2.22 bits per heavy atom. The number of halogens is 1. The fraction of sp³-hybridized carbons (Fsp3) is 0.435. The Balaban J connectivity index is 2.21. The average Bonchev–Trinajstić information content (AvgIpc) is 2.83. The van der Waals surface area contributed by atoms with Crippen LogP contribution >= 0.6 is 11.6 Å². The van der Waals surface area contributed by atoms with Crippen molar-refractivity contribution in [1.29, 1.82) is 0 Å². The molecule has 0 aromatic heterocycles. The molecule has 1 saturated heterocycles. The highest BCUT2D eigenvalue weighted by atomic mass is 35.5. The summed E-state index contributed by atoms with van der Waals surface area (Å²) in [6, 6.07) is 3.78. The molecule has 1 aliphatic heterocycles. The van der Waals surface area contributed by atoms with E-state index in [2.05, 4.69) is 18.5 Å². The van der Waals surface area contributed by atoms with Gasteiger partial charge in [-0.3, -0.25) is 4.79 Å². The number of benzene rings is 1. The highest BCUT2D eigenvalue weighted by Gasteiger charge is 2.32. The molecule has 0 bridgehead atoms. The van der Waals surface area contributed by atoms with E-state index < -0.39 is 0 Å². The first-order valence-corrected chi connectivity index (χ1v) is 10.1. The van der Waals surface area contributed by atoms with Crippen LogP contribution in [0.2, 0.25) is 5.02 Å².